The Hall–Kier alpha value is -2.99. The van der Waals surface area contributed by atoms with Gasteiger partial charge in [-0.15, -0.1) is 0 Å². The number of benzene rings is 2. The van der Waals surface area contributed by atoms with Crippen LogP contribution in [-0.2, 0) is 11.2 Å². The van der Waals surface area contributed by atoms with Gasteiger partial charge in [0.2, 0.25) is 0 Å². The highest BCUT2D eigenvalue weighted by Crippen LogP contribution is 2.19. The minimum Gasteiger partial charge on any atom is -0.480 e. The zero-order chi connectivity index (χ0) is 19.2. The lowest BCUT2D eigenvalue weighted by Crippen LogP contribution is -2.42. The zero-order valence-electron chi connectivity index (χ0n) is 14.3. The number of carboxylic acids is 1. The number of aliphatic carboxylic acids is 1. The number of carbonyl (C=O) groups is 2. The first kappa shape index (κ1) is 18.8. The lowest BCUT2D eigenvalue weighted by molar-refractivity contribution is -0.139. The van der Waals surface area contributed by atoms with E-state index in [1.165, 1.54) is 12.3 Å². The Balaban J connectivity index is 1.70. The third-order valence-corrected chi connectivity index (χ3v) is 4.53. The van der Waals surface area contributed by atoms with Crippen molar-refractivity contribution in [1.82, 2.24) is 10.3 Å². The summed E-state index contributed by atoms with van der Waals surface area (Å²) in [6.07, 6.45) is 1.68. The average Bonchev–Trinajstić information content (AvgIpc) is 2.69. The Morgan fingerprint density at radius 2 is 1.63 bits per heavy atom. The summed E-state index contributed by atoms with van der Waals surface area (Å²) < 4.78 is 0.743. The quantitative estimate of drug-likeness (QED) is 0.627. The van der Waals surface area contributed by atoms with E-state index >= 15 is 0 Å². The number of carbonyl (C=O) groups excluding carboxylic acids is 1. The van der Waals surface area contributed by atoms with Crippen LogP contribution in [0.1, 0.15) is 16.1 Å². The van der Waals surface area contributed by atoms with Crippen LogP contribution >= 0.6 is 15.9 Å². The number of nitrogens with one attached hydrogen (secondary N) is 1. The number of rotatable bonds is 6. The van der Waals surface area contributed by atoms with Gasteiger partial charge >= 0.3 is 5.97 Å². The molecule has 0 saturated heterocycles. The minimum absolute atomic E-state index is 0.170. The maximum Gasteiger partial charge on any atom is 0.326 e. The SMILES string of the molecule is O=C(NC(Cc1ccc(-c2ccccc2)cc1)C(=O)O)c1ccc(Br)cn1. The van der Waals surface area contributed by atoms with Crippen molar-refractivity contribution in [2.45, 2.75) is 12.5 Å². The van der Waals surface area contributed by atoms with Crippen molar-refractivity contribution < 1.29 is 14.7 Å². The summed E-state index contributed by atoms with van der Waals surface area (Å²) in [5.74, 6) is -1.61. The molecule has 6 heteroatoms. The summed E-state index contributed by atoms with van der Waals surface area (Å²) >= 11 is 3.25. The van der Waals surface area contributed by atoms with E-state index in [4.69, 9.17) is 0 Å². The van der Waals surface area contributed by atoms with Crippen LogP contribution in [0.3, 0.4) is 0 Å². The molecule has 1 aromatic heterocycles. The number of nitrogens with zero attached hydrogens (tertiary/aromatic N) is 1. The molecule has 1 heterocycles. The zero-order valence-corrected chi connectivity index (χ0v) is 15.9. The summed E-state index contributed by atoms with van der Waals surface area (Å²) in [6.45, 7) is 0. The number of hydrogen-bond acceptors (Lipinski definition) is 3. The Bertz CT molecular complexity index is 926. The molecule has 3 aromatic rings. The topological polar surface area (TPSA) is 79.3 Å². The van der Waals surface area contributed by atoms with Crippen molar-refractivity contribution in [3.8, 4) is 11.1 Å². The van der Waals surface area contributed by atoms with Gasteiger partial charge in [-0.3, -0.25) is 4.79 Å². The van der Waals surface area contributed by atoms with Crippen molar-refractivity contribution in [3.63, 3.8) is 0 Å². The first-order valence-electron chi connectivity index (χ1n) is 8.32. The number of hydrogen-bond donors (Lipinski definition) is 2. The highest BCUT2D eigenvalue weighted by Gasteiger charge is 2.21. The summed E-state index contributed by atoms with van der Waals surface area (Å²) in [4.78, 5) is 27.8. The molecule has 0 fully saturated rings. The molecule has 0 spiro atoms. The number of halogens is 1. The summed E-state index contributed by atoms with van der Waals surface area (Å²) in [5, 5.41) is 12.0. The van der Waals surface area contributed by atoms with Gasteiger partial charge in [-0.25, -0.2) is 9.78 Å². The van der Waals surface area contributed by atoms with E-state index < -0.39 is 17.9 Å². The molecular formula is C21H17BrN2O3. The van der Waals surface area contributed by atoms with Crippen LogP contribution in [0.5, 0.6) is 0 Å². The second-order valence-electron chi connectivity index (χ2n) is 5.99. The second kappa shape index (κ2) is 8.60. The van der Waals surface area contributed by atoms with Gasteiger partial charge < -0.3 is 10.4 Å². The lowest BCUT2D eigenvalue weighted by Gasteiger charge is -2.15. The van der Waals surface area contributed by atoms with E-state index in [1.807, 2.05) is 54.6 Å². The van der Waals surface area contributed by atoms with Crippen molar-refractivity contribution >= 4 is 27.8 Å². The van der Waals surface area contributed by atoms with Crippen LogP contribution in [-0.4, -0.2) is 28.0 Å². The van der Waals surface area contributed by atoms with Crippen molar-refractivity contribution in [2.24, 2.45) is 0 Å². The molecule has 0 bridgehead atoms. The van der Waals surface area contributed by atoms with Gasteiger partial charge in [-0.2, -0.15) is 0 Å². The maximum absolute atomic E-state index is 12.2. The van der Waals surface area contributed by atoms with Crippen molar-refractivity contribution in [3.05, 3.63) is 88.7 Å². The molecule has 3 rings (SSSR count). The number of pyridine rings is 1. The van der Waals surface area contributed by atoms with Crippen LogP contribution in [0.4, 0.5) is 0 Å². The normalized spacial score (nSPS) is 11.6. The first-order valence-corrected chi connectivity index (χ1v) is 9.12. The number of amides is 1. The molecule has 136 valence electrons. The number of carboxylic acid groups (broad SMARTS) is 1. The van der Waals surface area contributed by atoms with Gasteiger partial charge in [0.1, 0.15) is 11.7 Å². The Morgan fingerprint density at radius 1 is 0.963 bits per heavy atom. The molecule has 2 N–H and O–H groups in total. The third-order valence-electron chi connectivity index (χ3n) is 4.06. The largest absolute Gasteiger partial charge is 0.480 e. The summed E-state index contributed by atoms with van der Waals surface area (Å²) in [5.41, 5.74) is 3.14. The fourth-order valence-electron chi connectivity index (χ4n) is 2.64. The molecule has 0 aliphatic rings. The third kappa shape index (κ3) is 5.01. The molecule has 0 radical (unpaired) electrons. The predicted octanol–water partition coefficient (Wildman–Crippen LogP) is 3.94. The molecule has 27 heavy (non-hydrogen) atoms. The monoisotopic (exact) mass is 424 g/mol. The number of aromatic nitrogens is 1. The molecular weight excluding hydrogens is 408 g/mol. The minimum atomic E-state index is -1.09. The maximum atomic E-state index is 12.2. The van der Waals surface area contributed by atoms with Gasteiger partial charge in [0.15, 0.2) is 0 Å². The lowest BCUT2D eigenvalue weighted by atomic mass is 10.0. The molecule has 0 aliphatic carbocycles. The van der Waals surface area contributed by atoms with E-state index in [0.29, 0.717) is 0 Å². The Morgan fingerprint density at radius 3 is 2.22 bits per heavy atom. The van der Waals surface area contributed by atoms with E-state index in [-0.39, 0.29) is 12.1 Å². The second-order valence-corrected chi connectivity index (χ2v) is 6.91. The van der Waals surface area contributed by atoms with E-state index in [1.54, 1.807) is 6.07 Å². The molecule has 1 atom stereocenters. The van der Waals surface area contributed by atoms with Crippen molar-refractivity contribution in [1.29, 1.82) is 0 Å². The van der Waals surface area contributed by atoms with E-state index in [2.05, 4.69) is 26.2 Å². The van der Waals surface area contributed by atoms with Crippen LogP contribution in [0.25, 0.3) is 11.1 Å². The fourth-order valence-corrected chi connectivity index (χ4v) is 2.88. The average molecular weight is 425 g/mol. The highest BCUT2D eigenvalue weighted by atomic mass is 79.9. The van der Waals surface area contributed by atoms with Crippen LogP contribution in [0, 0.1) is 0 Å². The van der Waals surface area contributed by atoms with Crippen LogP contribution < -0.4 is 5.32 Å². The molecule has 1 unspecified atom stereocenters. The van der Waals surface area contributed by atoms with Crippen LogP contribution in [0.15, 0.2) is 77.4 Å². The van der Waals surface area contributed by atoms with Gasteiger partial charge in [0, 0.05) is 17.1 Å². The summed E-state index contributed by atoms with van der Waals surface area (Å²) in [6, 6.07) is 19.7. The first-order chi connectivity index (χ1) is 13.0. The molecule has 2 aromatic carbocycles. The predicted molar refractivity (Wildman–Crippen MR) is 106 cm³/mol. The Kier molecular flexibility index (Phi) is 5.98. The van der Waals surface area contributed by atoms with Gasteiger partial charge in [-0.05, 0) is 44.8 Å². The molecule has 0 aliphatic heterocycles. The van der Waals surface area contributed by atoms with Gasteiger partial charge in [0.05, 0.1) is 0 Å². The van der Waals surface area contributed by atoms with Gasteiger partial charge in [-0.1, -0.05) is 54.6 Å². The summed E-state index contributed by atoms with van der Waals surface area (Å²) in [7, 11) is 0. The molecule has 1 amide bonds. The molecule has 5 nitrogen and oxygen atoms in total. The standard InChI is InChI=1S/C21H17BrN2O3/c22-17-10-11-18(23-13-17)20(25)24-19(21(26)27)12-14-6-8-16(9-7-14)15-4-2-1-3-5-15/h1-11,13,19H,12H2,(H,24,25)(H,26,27). The molecule has 0 saturated carbocycles. The van der Waals surface area contributed by atoms with Gasteiger partial charge in [0.25, 0.3) is 5.91 Å². The van der Waals surface area contributed by atoms with E-state index in [0.717, 1.165) is 21.2 Å². The smallest absolute Gasteiger partial charge is 0.326 e. The fraction of sp³-hybridized carbons (Fsp3) is 0.0952. The van der Waals surface area contributed by atoms with E-state index in [9.17, 15) is 14.7 Å². The van der Waals surface area contributed by atoms with Crippen LogP contribution in [0.2, 0.25) is 0 Å². The van der Waals surface area contributed by atoms with Crippen molar-refractivity contribution in [2.75, 3.05) is 0 Å². The Labute approximate surface area is 165 Å². The highest BCUT2D eigenvalue weighted by molar-refractivity contribution is 9.10.